The average molecular weight is 277 g/mol. The normalized spacial score (nSPS) is 26.2. The number of aliphatic hydroxyl groups is 1. The molecule has 0 aromatic heterocycles. The van der Waals surface area contributed by atoms with Gasteiger partial charge in [-0.2, -0.15) is 0 Å². The summed E-state index contributed by atoms with van der Waals surface area (Å²) >= 11 is 0. The highest BCUT2D eigenvalue weighted by atomic mass is 16.4. The Hall–Kier alpha value is -1.55. The third kappa shape index (κ3) is 3.12. The van der Waals surface area contributed by atoms with Crippen LogP contribution in [0, 0.1) is 12.8 Å². The fourth-order valence-electron chi connectivity index (χ4n) is 2.87. The maximum Gasteiger partial charge on any atom is 0.337 e. The van der Waals surface area contributed by atoms with Gasteiger partial charge in [-0.25, -0.2) is 4.79 Å². The van der Waals surface area contributed by atoms with Gasteiger partial charge in [-0.3, -0.25) is 0 Å². The fourth-order valence-corrected chi connectivity index (χ4v) is 2.87. The van der Waals surface area contributed by atoms with E-state index in [-0.39, 0.29) is 17.7 Å². The van der Waals surface area contributed by atoms with E-state index in [1.54, 1.807) is 12.1 Å². The van der Waals surface area contributed by atoms with Gasteiger partial charge in [0.05, 0.1) is 17.7 Å². The van der Waals surface area contributed by atoms with E-state index in [0.29, 0.717) is 11.6 Å². The van der Waals surface area contributed by atoms with Gasteiger partial charge in [0.15, 0.2) is 0 Å². The molecule has 4 nitrogen and oxygen atoms in total. The Bertz CT molecular complexity index is 490. The summed E-state index contributed by atoms with van der Waals surface area (Å²) in [7, 11) is 0. The molecule has 1 aromatic carbocycles. The van der Waals surface area contributed by atoms with Crippen LogP contribution in [0.25, 0.3) is 0 Å². The molecule has 1 fully saturated rings. The van der Waals surface area contributed by atoms with Gasteiger partial charge >= 0.3 is 5.97 Å². The minimum Gasteiger partial charge on any atom is -0.478 e. The van der Waals surface area contributed by atoms with Crippen molar-refractivity contribution >= 4 is 11.7 Å². The van der Waals surface area contributed by atoms with Crippen molar-refractivity contribution in [1.82, 2.24) is 0 Å². The highest BCUT2D eigenvalue weighted by Gasteiger charge is 2.34. The fraction of sp³-hybridized carbons (Fsp3) is 0.562. The summed E-state index contributed by atoms with van der Waals surface area (Å²) in [6, 6.07) is 5.36. The molecular weight excluding hydrogens is 254 g/mol. The second-order valence-electron chi connectivity index (χ2n) is 6.10. The molecule has 0 amide bonds. The van der Waals surface area contributed by atoms with E-state index in [1.807, 2.05) is 13.0 Å². The zero-order valence-electron chi connectivity index (χ0n) is 12.1. The van der Waals surface area contributed by atoms with Crippen LogP contribution in [-0.2, 0) is 0 Å². The minimum atomic E-state index is -0.937. The lowest BCUT2D eigenvalue weighted by molar-refractivity contribution is 0.0697. The molecular formula is C16H23NO3. The Morgan fingerprint density at radius 2 is 2.05 bits per heavy atom. The number of aliphatic hydroxyl groups excluding tert-OH is 1. The molecule has 1 aliphatic rings. The van der Waals surface area contributed by atoms with Crippen LogP contribution >= 0.6 is 0 Å². The zero-order chi connectivity index (χ0) is 14.8. The third-order valence-corrected chi connectivity index (χ3v) is 4.34. The molecule has 1 saturated carbocycles. The van der Waals surface area contributed by atoms with Crippen LogP contribution in [0.2, 0.25) is 0 Å². The van der Waals surface area contributed by atoms with Crippen LogP contribution in [0.4, 0.5) is 5.69 Å². The van der Waals surface area contributed by atoms with E-state index in [0.717, 1.165) is 31.2 Å². The predicted octanol–water partition coefficient (Wildman–Crippen LogP) is 3.05. The Kier molecular flexibility index (Phi) is 4.33. The number of rotatable bonds is 4. The topological polar surface area (TPSA) is 69.6 Å². The van der Waals surface area contributed by atoms with E-state index in [9.17, 15) is 15.0 Å². The van der Waals surface area contributed by atoms with Crippen molar-refractivity contribution in [3.05, 3.63) is 29.3 Å². The van der Waals surface area contributed by atoms with E-state index in [1.165, 1.54) is 0 Å². The largest absolute Gasteiger partial charge is 0.478 e. The van der Waals surface area contributed by atoms with Crippen LogP contribution in [0.1, 0.15) is 48.5 Å². The van der Waals surface area contributed by atoms with Gasteiger partial charge in [0.1, 0.15) is 0 Å². The Morgan fingerprint density at radius 1 is 1.40 bits per heavy atom. The van der Waals surface area contributed by atoms with Crippen LogP contribution in [0.3, 0.4) is 0 Å². The van der Waals surface area contributed by atoms with Crippen LogP contribution in [0.15, 0.2) is 18.2 Å². The minimum absolute atomic E-state index is 0.0344. The van der Waals surface area contributed by atoms with Gasteiger partial charge in [0.2, 0.25) is 0 Å². The maximum atomic E-state index is 11.4. The second-order valence-corrected chi connectivity index (χ2v) is 6.10. The summed E-state index contributed by atoms with van der Waals surface area (Å²) in [5, 5.41) is 22.4. The molecule has 1 aliphatic carbocycles. The Labute approximate surface area is 119 Å². The molecule has 0 unspecified atom stereocenters. The average Bonchev–Trinajstić information content (AvgIpc) is 2.43. The lowest BCUT2D eigenvalue weighted by atomic mass is 9.77. The molecule has 1 aromatic rings. The summed E-state index contributed by atoms with van der Waals surface area (Å²) < 4.78 is 0. The number of benzene rings is 1. The van der Waals surface area contributed by atoms with Crippen molar-refractivity contribution in [1.29, 1.82) is 0 Å². The van der Waals surface area contributed by atoms with Crippen molar-refractivity contribution < 1.29 is 15.0 Å². The molecule has 0 atom stereocenters. The molecule has 2 rings (SSSR count). The SMILES string of the molecule is Cc1ccc(NC2(CO)CCC(C)CC2)c(C(=O)O)c1. The number of hydrogen-bond donors (Lipinski definition) is 3. The first-order valence-electron chi connectivity index (χ1n) is 7.19. The van der Waals surface area contributed by atoms with Gasteiger partial charge in [0, 0.05) is 5.69 Å². The summed E-state index contributed by atoms with van der Waals surface area (Å²) in [6.07, 6.45) is 3.86. The lowest BCUT2D eigenvalue weighted by Gasteiger charge is -2.40. The van der Waals surface area contributed by atoms with Gasteiger partial charge in [-0.05, 0) is 50.7 Å². The first kappa shape index (κ1) is 14.9. The highest BCUT2D eigenvalue weighted by Crippen LogP contribution is 2.35. The number of anilines is 1. The molecule has 3 N–H and O–H groups in total. The van der Waals surface area contributed by atoms with Gasteiger partial charge in [-0.15, -0.1) is 0 Å². The smallest absolute Gasteiger partial charge is 0.337 e. The van der Waals surface area contributed by atoms with E-state index in [4.69, 9.17) is 0 Å². The number of aromatic carboxylic acids is 1. The van der Waals surface area contributed by atoms with Crippen LogP contribution in [-0.4, -0.2) is 28.3 Å². The van der Waals surface area contributed by atoms with Gasteiger partial charge < -0.3 is 15.5 Å². The van der Waals surface area contributed by atoms with Crippen molar-refractivity contribution in [2.75, 3.05) is 11.9 Å². The highest BCUT2D eigenvalue weighted by molar-refractivity contribution is 5.94. The maximum absolute atomic E-state index is 11.4. The molecule has 0 heterocycles. The third-order valence-electron chi connectivity index (χ3n) is 4.34. The van der Waals surface area contributed by atoms with E-state index in [2.05, 4.69) is 12.2 Å². The molecule has 110 valence electrons. The number of carbonyl (C=O) groups is 1. The lowest BCUT2D eigenvalue weighted by Crippen LogP contribution is -2.45. The van der Waals surface area contributed by atoms with Crippen molar-refractivity contribution in [2.45, 2.75) is 45.1 Å². The molecule has 0 radical (unpaired) electrons. The van der Waals surface area contributed by atoms with Crippen molar-refractivity contribution in [3.63, 3.8) is 0 Å². The summed E-state index contributed by atoms with van der Waals surface area (Å²) in [5.74, 6) is -0.262. The van der Waals surface area contributed by atoms with E-state index >= 15 is 0 Å². The quantitative estimate of drug-likeness (QED) is 0.791. The number of aryl methyl sites for hydroxylation is 1. The first-order valence-corrected chi connectivity index (χ1v) is 7.19. The number of nitrogens with one attached hydrogen (secondary N) is 1. The van der Waals surface area contributed by atoms with Crippen LogP contribution in [0.5, 0.6) is 0 Å². The number of hydrogen-bond acceptors (Lipinski definition) is 3. The van der Waals surface area contributed by atoms with Crippen molar-refractivity contribution in [3.8, 4) is 0 Å². The second kappa shape index (κ2) is 5.83. The summed E-state index contributed by atoms with van der Waals surface area (Å²) in [5.41, 5.74) is 1.41. The van der Waals surface area contributed by atoms with Crippen molar-refractivity contribution in [2.24, 2.45) is 5.92 Å². The molecule has 20 heavy (non-hydrogen) atoms. The molecule has 0 saturated heterocycles. The molecule has 0 spiro atoms. The predicted molar refractivity (Wildman–Crippen MR) is 79.2 cm³/mol. The monoisotopic (exact) mass is 277 g/mol. The first-order chi connectivity index (χ1) is 9.46. The number of carboxylic acid groups (broad SMARTS) is 1. The van der Waals surface area contributed by atoms with Gasteiger partial charge in [-0.1, -0.05) is 18.6 Å². The van der Waals surface area contributed by atoms with E-state index < -0.39 is 5.97 Å². The molecule has 0 aliphatic heterocycles. The molecule has 0 bridgehead atoms. The van der Waals surface area contributed by atoms with Gasteiger partial charge in [0.25, 0.3) is 0 Å². The molecule has 4 heteroatoms. The summed E-state index contributed by atoms with van der Waals surface area (Å²) in [4.78, 5) is 11.4. The zero-order valence-corrected chi connectivity index (χ0v) is 12.1. The Morgan fingerprint density at radius 3 is 2.60 bits per heavy atom. The summed E-state index contributed by atoms with van der Waals surface area (Å²) in [6.45, 7) is 4.13. The number of carboxylic acids is 1. The standard InChI is InChI=1S/C16H23NO3/c1-11-5-7-16(10-18,8-6-11)17-14-4-3-12(2)9-13(14)15(19)20/h3-4,9,11,17-18H,5-8,10H2,1-2H3,(H,19,20). The van der Waals surface area contributed by atoms with Crippen LogP contribution < -0.4 is 5.32 Å². The Balaban J connectivity index is 2.26.